The van der Waals surface area contributed by atoms with Gasteiger partial charge in [-0.15, -0.1) is 0 Å². The van der Waals surface area contributed by atoms with E-state index in [2.05, 4.69) is 46.4 Å². The minimum Gasteiger partial charge on any atom is -0.366 e. The van der Waals surface area contributed by atoms with Crippen LogP contribution in [0.15, 0.2) is 54.6 Å². The van der Waals surface area contributed by atoms with E-state index in [1.807, 2.05) is 28.9 Å². The summed E-state index contributed by atoms with van der Waals surface area (Å²) in [5.74, 6) is -0.205. The van der Waals surface area contributed by atoms with Crippen LogP contribution in [0.3, 0.4) is 0 Å². The van der Waals surface area contributed by atoms with Gasteiger partial charge in [-0.25, -0.2) is 4.68 Å². The minimum atomic E-state index is -0.142. The Bertz CT molecular complexity index is 1130. The molecule has 0 spiro atoms. The van der Waals surface area contributed by atoms with Crippen LogP contribution in [-0.4, -0.2) is 59.2 Å². The van der Waals surface area contributed by atoms with Gasteiger partial charge < -0.3 is 15.5 Å². The van der Waals surface area contributed by atoms with Crippen LogP contribution in [0.1, 0.15) is 18.3 Å². The summed E-state index contributed by atoms with van der Waals surface area (Å²) in [7, 11) is 0. The highest BCUT2D eigenvalue weighted by atomic mass is 16.2. The number of carbonyl (C=O) groups excluding carboxylic acids is 2. The largest absolute Gasteiger partial charge is 0.366 e. The maximum Gasteiger partial charge on any atom is 0.238 e. The Balaban J connectivity index is 1.34. The third-order valence-corrected chi connectivity index (χ3v) is 5.78. The predicted molar refractivity (Wildman–Crippen MR) is 131 cm³/mol. The molecule has 0 atom stereocenters. The van der Waals surface area contributed by atoms with Crippen LogP contribution in [0.25, 0.3) is 5.69 Å². The SMILES string of the molecule is CC(=O)Nc1cccc(NC(=O)CN2CCN(c3c(C)nn(-c4ccccc4)c3C)CC2)c1. The van der Waals surface area contributed by atoms with Crippen molar-refractivity contribution in [2.24, 2.45) is 0 Å². The average molecular weight is 447 g/mol. The maximum absolute atomic E-state index is 12.6. The van der Waals surface area contributed by atoms with Crippen molar-refractivity contribution in [3.05, 3.63) is 66.0 Å². The van der Waals surface area contributed by atoms with Crippen LogP contribution in [0.5, 0.6) is 0 Å². The van der Waals surface area contributed by atoms with E-state index < -0.39 is 0 Å². The summed E-state index contributed by atoms with van der Waals surface area (Å²) in [4.78, 5) is 28.3. The molecule has 0 aliphatic carbocycles. The van der Waals surface area contributed by atoms with Gasteiger partial charge in [0.2, 0.25) is 11.8 Å². The molecule has 1 saturated heterocycles. The lowest BCUT2D eigenvalue weighted by atomic mass is 10.2. The summed E-state index contributed by atoms with van der Waals surface area (Å²) in [5.41, 5.74) is 5.71. The molecule has 0 radical (unpaired) electrons. The van der Waals surface area contributed by atoms with Gasteiger partial charge in [0, 0.05) is 44.5 Å². The van der Waals surface area contributed by atoms with Crippen molar-refractivity contribution in [3.8, 4) is 5.69 Å². The normalized spacial score (nSPS) is 14.2. The molecule has 2 amide bonds. The monoisotopic (exact) mass is 446 g/mol. The number of benzene rings is 2. The fourth-order valence-electron chi connectivity index (χ4n) is 4.32. The van der Waals surface area contributed by atoms with Crippen molar-refractivity contribution in [2.45, 2.75) is 20.8 Å². The summed E-state index contributed by atoms with van der Waals surface area (Å²) in [6, 6.07) is 17.3. The first-order valence-electron chi connectivity index (χ1n) is 11.2. The van der Waals surface area contributed by atoms with E-state index in [0.717, 1.165) is 43.3 Å². The number of para-hydroxylation sites is 1. The molecule has 33 heavy (non-hydrogen) atoms. The zero-order valence-corrected chi connectivity index (χ0v) is 19.3. The summed E-state index contributed by atoms with van der Waals surface area (Å²) >= 11 is 0. The third kappa shape index (κ3) is 5.40. The van der Waals surface area contributed by atoms with Gasteiger partial charge in [0.25, 0.3) is 0 Å². The second-order valence-corrected chi connectivity index (χ2v) is 8.34. The van der Waals surface area contributed by atoms with Gasteiger partial charge in [-0.3, -0.25) is 14.5 Å². The molecule has 1 fully saturated rings. The van der Waals surface area contributed by atoms with Crippen molar-refractivity contribution < 1.29 is 9.59 Å². The summed E-state index contributed by atoms with van der Waals surface area (Å²) in [5, 5.41) is 10.4. The Labute approximate surface area is 194 Å². The van der Waals surface area contributed by atoms with Crippen LogP contribution in [-0.2, 0) is 9.59 Å². The average Bonchev–Trinajstić information content (AvgIpc) is 3.08. The van der Waals surface area contributed by atoms with Crippen LogP contribution >= 0.6 is 0 Å². The fourth-order valence-corrected chi connectivity index (χ4v) is 4.32. The van der Waals surface area contributed by atoms with E-state index in [0.29, 0.717) is 17.9 Å². The number of rotatable bonds is 6. The predicted octanol–water partition coefficient (Wildman–Crippen LogP) is 3.21. The molecule has 4 rings (SSSR count). The highest BCUT2D eigenvalue weighted by molar-refractivity contribution is 5.94. The molecule has 8 nitrogen and oxygen atoms in total. The Morgan fingerprint density at radius 1 is 0.909 bits per heavy atom. The first-order chi connectivity index (χ1) is 15.9. The number of hydrogen-bond acceptors (Lipinski definition) is 5. The lowest BCUT2D eigenvalue weighted by Gasteiger charge is -2.35. The van der Waals surface area contributed by atoms with Crippen molar-refractivity contribution in [3.63, 3.8) is 0 Å². The topological polar surface area (TPSA) is 82.5 Å². The Morgan fingerprint density at radius 2 is 1.58 bits per heavy atom. The summed E-state index contributed by atoms with van der Waals surface area (Å²) < 4.78 is 2.00. The van der Waals surface area contributed by atoms with E-state index in [1.54, 1.807) is 18.2 Å². The molecule has 0 bridgehead atoms. The van der Waals surface area contributed by atoms with Crippen molar-refractivity contribution in [1.82, 2.24) is 14.7 Å². The Hall–Kier alpha value is -3.65. The van der Waals surface area contributed by atoms with Gasteiger partial charge in [0.1, 0.15) is 0 Å². The number of anilines is 3. The van der Waals surface area contributed by atoms with Gasteiger partial charge >= 0.3 is 0 Å². The molecule has 2 aromatic carbocycles. The Kier molecular flexibility index (Phi) is 6.74. The molecule has 1 aliphatic heterocycles. The number of nitrogens with one attached hydrogen (secondary N) is 2. The van der Waals surface area contributed by atoms with Gasteiger partial charge in [-0.2, -0.15) is 5.10 Å². The van der Waals surface area contributed by atoms with E-state index in [9.17, 15) is 9.59 Å². The highest BCUT2D eigenvalue weighted by Gasteiger charge is 2.24. The number of aromatic nitrogens is 2. The van der Waals surface area contributed by atoms with Gasteiger partial charge in [-0.1, -0.05) is 24.3 Å². The molecule has 1 aliphatic rings. The quantitative estimate of drug-likeness (QED) is 0.608. The van der Waals surface area contributed by atoms with Crippen molar-refractivity contribution in [1.29, 1.82) is 0 Å². The molecule has 0 saturated carbocycles. The van der Waals surface area contributed by atoms with Crippen LogP contribution in [0.2, 0.25) is 0 Å². The van der Waals surface area contributed by atoms with Gasteiger partial charge in [0.15, 0.2) is 0 Å². The molecular weight excluding hydrogens is 416 g/mol. The van der Waals surface area contributed by atoms with E-state index in [-0.39, 0.29) is 11.8 Å². The number of carbonyl (C=O) groups is 2. The number of piperazine rings is 1. The number of amides is 2. The van der Waals surface area contributed by atoms with E-state index >= 15 is 0 Å². The molecular formula is C25H30N6O2. The zero-order valence-electron chi connectivity index (χ0n) is 19.3. The van der Waals surface area contributed by atoms with Crippen LogP contribution in [0.4, 0.5) is 17.1 Å². The molecule has 172 valence electrons. The third-order valence-electron chi connectivity index (χ3n) is 5.78. The van der Waals surface area contributed by atoms with Gasteiger partial charge in [0.05, 0.1) is 29.3 Å². The van der Waals surface area contributed by atoms with E-state index in [4.69, 9.17) is 5.10 Å². The van der Waals surface area contributed by atoms with Gasteiger partial charge in [-0.05, 0) is 44.2 Å². The van der Waals surface area contributed by atoms with Crippen LogP contribution < -0.4 is 15.5 Å². The van der Waals surface area contributed by atoms with Crippen molar-refractivity contribution >= 4 is 28.9 Å². The number of nitrogens with zero attached hydrogens (tertiary/aromatic N) is 4. The Morgan fingerprint density at radius 3 is 2.24 bits per heavy atom. The van der Waals surface area contributed by atoms with Crippen LogP contribution in [0, 0.1) is 13.8 Å². The summed E-state index contributed by atoms with van der Waals surface area (Å²) in [6.45, 7) is 9.23. The molecule has 0 unspecified atom stereocenters. The fraction of sp³-hybridized carbons (Fsp3) is 0.320. The first-order valence-corrected chi connectivity index (χ1v) is 11.2. The maximum atomic E-state index is 12.6. The number of hydrogen-bond donors (Lipinski definition) is 2. The highest BCUT2D eigenvalue weighted by Crippen LogP contribution is 2.27. The molecule has 2 heterocycles. The lowest BCUT2D eigenvalue weighted by molar-refractivity contribution is -0.117. The molecule has 8 heteroatoms. The smallest absolute Gasteiger partial charge is 0.238 e. The minimum absolute atomic E-state index is 0.0623. The standard InChI is InChI=1S/C25H30N6O2/c1-18-25(19(2)31(28-18)23-10-5-4-6-11-23)30-14-12-29(13-15-30)17-24(33)27-22-9-7-8-21(16-22)26-20(3)32/h4-11,16H,12-15,17H2,1-3H3,(H,26,32)(H,27,33). The first kappa shape index (κ1) is 22.5. The number of aryl methyl sites for hydroxylation is 1. The molecule has 3 aromatic rings. The molecule has 2 N–H and O–H groups in total. The molecule has 1 aromatic heterocycles. The van der Waals surface area contributed by atoms with E-state index in [1.165, 1.54) is 12.6 Å². The second-order valence-electron chi connectivity index (χ2n) is 8.34. The zero-order chi connectivity index (χ0) is 23.4. The summed E-state index contributed by atoms with van der Waals surface area (Å²) in [6.07, 6.45) is 0. The lowest BCUT2D eigenvalue weighted by Crippen LogP contribution is -2.49. The van der Waals surface area contributed by atoms with Crippen molar-refractivity contribution in [2.75, 3.05) is 48.3 Å². The second kappa shape index (κ2) is 9.87.